The van der Waals surface area contributed by atoms with Gasteiger partial charge < -0.3 is 14.6 Å². The zero-order valence-corrected chi connectivity index (χ0v) is 13.8. The Morgan fingerprint density at radius 1 is 1.23 bits per heavy atom. The minimum atomic E-state index is -0.172. The molecule has 6 heteroatoms. The van der Waals surface area contributed by atoms with Gasteiger partial charge in [0.25, 0.3) is 5.91 Å². The fourth-order valence-electron chi connectivity index (χ4n) is 1.98. The summed E-state index contributed by atoms with van der Waals surface area (Å²) in [5.74, 6) is 0.479. The van der Waals surface area contributed by atoms with E-state index in [1.165, 1.54) is 6.92 Å². The lowest BCUT2D eigenvalue weighted by molar-refractivity contribution is -0.129. The molecule has 0 saturated heterocycles. The van der Waals surface area contributed by atoms with Gasteiger partial charge in [-0.05, 0) is 40.2 Å². The van der Waals surface area contributed by atoms with E-state index in [9.17, 15) is 9.59 Å². The molecular weight excluding hydrogens is 348 g/mol. The monoisotopic (exact) mass is 364 g/mol. The Balaban J connectivity index is 1.86. The highest BCUT2D eigenvalue weighted by atomic mass is 79.9. The fraction of sp³-hybridized carbons (Fsp3) is 0.250. The van der Waals surface area contributed by atoms with E-state index in [1.54, 1.807) is 29.4 Å². The Morgan fingerprint density at radius 3 is 2.64 bits per heavy atom. The predicted octanol–water partition coefficient (Wildman–Crippen LogP) is 2.82. The number of benzene rings is 1. The number of nitrogens with one attached hydrogen (secondary N) is 1. The summed E-state index contributed by atoms with van der Waals surface area (Å²) in [6.07, 6.45) is 1.57. The van der Waals surface area contributed by atoms with E-state index in [0.717, 1.165) is 4.47 Å². The number of nitrogens with zero attached hydrogens (tertiary/aromatic N) is 1. The van der Waals surface area contributed by atoms with E-state index >= 15 is 0 Å². The molecule has 1 heterocycles. The molecule has 0 fully saturated rings. The van der Waals surface area contributed by atoms with Crippen molar-refractivity contribution >= 4 is 27.7 Å². The molecule has 1 aromatic heterocycles. The van der Waals surface area contributed by atoms with Crippen LogP contribution < -0.4 is 5.32 Å². The number of amides is 2. The first-order valence-electron chi connectivity index (χ1n) is 6.88. The van der Waals surface area contributed by atoms with E-state index in [0.29, 0.717) is 31.0 Å². The summed E-state index contributed by atoms with van der Waals surface area (Å²) >= 11 is 3.34. The van der Waals surface area contributed by atoms with Crippen molar-refractivity contribution in [1.82, 2.24) is 10.2 Å². The minimum absolute atomic E-state index is 0.0634. The van der Waals surface area contributed by atoms with Crippen LogP contribution in [0.2, 0.25) is 0 Å². The topological polar surface area (TPSA) is 62.6 Å². The van der Waals surface area contributed by atoms with Gasteiger partial charge in [-0.2, -0.15) is 0 Å². The molecular formula is C16H17BrN2O3. The van der Waals surface area contributed by atoms with Crippen LogP contribution in [-0.4, -0.2) is 29.8 Å². The lowest BCUT2D eigenvalue weighted by Crippen LogP contribution is -2.37. The maximum absolute atomic E-state index is 12.1. The molecule has 0 radical (unpaired) electrons. The molecule has 1 aromatic carbocycles. The van der Waals surface area contributed by atoms with Crippen molar-refractivity contribution in [2.24, 2.45) is 0 Å². The van der Waals surface area contributed by atoms with Crippen LogP contribution in [0.15, 0.2) is 51.6 Å². The number of furan rings is 1. The average Bonchev–Trinajstić information content (AvgIpc) is 2.99. The molecule has 22 heavy (non-hydrogen) atoms. The van der Waals surface area contributed by atoms with Crippen molar-refractivity contribution in [2.75, 3.05) is 13.1 Å². The second-order valence-corrected chi connectivity index (χ2v) is 5.61. The van der Waals surface area contributed by atoms with Gasteiger partial charge in [0.2, 0.25) is 5.91 Å². The predicted molar refractivity (Wildman–Crippen MR) is 86.3 cm³/mol. The van der Waals surface area contributed by atoms with Crippen LogP contribution in [0.1, 0.15) is 23.0 Å². The summed E-state index contributed by atoms with van der Waals surface area (Å²) < 4.78 is 5.98. The molecule has 116 valence electrons. The first kappa shape index (κ1) is 16.3. The molecule has 0 aliphatic carbocycles. The van der Waals surface area contributed by atoms with Crippen LogP contribution in [0.25, 0.3) is 0 Å². The third-order valence-corrected chi connectivity index (χ3v) is 3.85. The van der Waals surface area contributed by atoms with Crippen LogP contribution in [0.5, 0.6) is 0 Å². The van der Waals surface area contributed by atoms with Gasteiger partial charge in [0.15, 0.2) is 0 Å². The summed E-state index contributed by atoms with van der Waals surface area (Å²) in [5.41, 5.74) is 0.572. The summed E-state index contributed by atoms with van der Waals surface area (Å²) in [5, 5.41) is 2.81. The summed E-state index contributed by atoms with van der Waals surface area (Å²) in [4.78, 5) is 25.3. The lowest BCUT2D eigenvalue weighted by atomic mass is 10.2. The second kappa shape index (κ2) is 7.79. The highest BCUT2D eigenvalue weighted by molar-refractivity contribution is 9.10. The third kappa shape index (κ3) is 4.46. The molecule has 0 bridgehead atoms. The zero-order chi connectivity index (χ0) is 15.9. The van der Waals surface area contributed by atoms with Crippen LogP contribution in [0.4, 0.5) is 0 Å². The van der Waals surface area contributed by atoms with E-state index in [4.69, 9.17) is 4.42 Å². The second-order valence-electron chi connectivity index (χ2n) is 4.76. The normalized spacial score (nSPS) is 10.3. The Hall–Kier alpha value is -2.08. The Morgan fingerprint density at radius 2 is 2.00 bits per heavy atom. The number of carbonyl (C=O) groups is 2. The number of carbonyl (C=O) groups excluding carboxylic acids is 2. The van der Waals surface area contributed by atoms with Crippen LogP contribution in [0, 0.1) is 0 Å². The van der Waals surface area contributed by atoms with Crippen molar-refractivity contribution in [3.63, 3.8) is 0 Å². The zero-order valence-electron chi connectivity index (χ0n) is 12.2. The highest BCUT2D eigenvalue weighted by Crippen LogP contribution is 2.15. The van der Waals surface area contributed by atoms with Gasteiger partial charge in [-0.3, -0.25) is 9.59 Å². The number of hydrogen-bond donors (Lipinski definition) is 1. The number of hydrogen-bond acceptors (Lipinski definition) is 3. The highest BCUT2D eigenvalue weighted by Gasteiger charge is 2.13. The molecule has 5 nitrogen and oxygen atoms in total. The van der Waals surface area contributed by atoms with E-state index in [1.807, 2.05) is 18.2 Å². The van der Waals surface area contributed by atoms with Crippen molar-refractivity contribution in [1.29, 1.82) is 0 Å². The van der Waals surface area contributed by atoms with E-state index in [-0.39, 0.29) is 11.8 Å². The maximum Gasteiger partial charge on any atom is 0.252 e. The molecule has 0 unspecified atom stereocenters. The first-order valence-corrected chi connectivity index (χ1v) is 7.68. The van der Waals surface area contributed by atoms with E-state index < -0.39 is 0 Å². The molecule has 2 amide bonds. The lowest BCUT2D eigenvalue weighted by Gasteiger charge is -2.20. The fourth-order valence-corrected chi connectivity index (χ4v) is 2.45. The van der Waals surface area contributed by atoms with E-state index in [2.05, 4.69) is 21.2 Å². The summed E-state index contributed by atoms with van der Waals surface area (Å²) in [7, 11) is 0. The van der Waals surface area contributed by atoms with Gasteiger partial charge in [-0.15, -0.1) is 0 Å². The van der Waals surface area contributed by atoms with Crippen molar-refractivity contribution in [2.45, 2.75) is 13.5 Å². The van der Waals surface area contributed by atoms with Crippen LogP contribution in [-0.2, 0) is 11.3 Å². The van der Waals surface area contributed by atoms with Gasteiger partial charge >= 0.3 is 0 Å². The molecule has 0 atom stereocenters. The smallest absolute Gasteiger partial charge is 0.252 e. The van der Waals surface area contributed by atoms with Crippen LogP contribution in [0.3, 0.4) is 0 Å². The van der Waals surface area contributed by atoms with Crippen molar-refractivity contribution < 1.29 is 14.0 Å². The molecule has 0 spiro atoms. The van der Waals surface area contributed by atoms with Gasteiger partial charge in [-0.25, -0.2) is 0 Å². The first-order chi connectivity index (χ1) is 10.6. The maximum atomic E-state index is 12.1. The Kier molecular flexibility index (Phi) is 5.77. The quantitative estimate of drug-likeness (QED) is 0.856. The molecule has 2 aromatic rings. The SMILES string of the molecule is CC(=O)N(CCNC(=O)c1ccccc1Br)Cc1ccco1. The van der Waals surface area contributed by atoms with Crippen molar-refractivity contribution in [3.8, 4) is 0 Å². The average molecular weight is 365 g/mol. The number of halogens is 1. The molecule has 0 saturated carbocycles. The van der Waals surface area contributed by atoms with Gasteiger partial charge in [0.1, 0.15) is 5.76 Å². The third-order valence-electron chi connectivity index (χ3n) is 3.16. The Bertz CT molecular complexity index is 641. The largest absolute Gasteiger partial charge is 0.467 e. The summed E-state index contributed by atoms with van der Waals surface area (Å²) in [6.45, 7) is 2.69. The van der Waals surface area contributed by atoms with Gasteiger partial charge in [-0.1, -0.05) is 12.1 Å². The Labute approximate surface area is 137 Å². The summed E-state index contributed by atoms with van der Waals surface area (Å²) in [6, 6.07) is 10.8. The van der Waals surface area contributed by atoms with Crippen LogP contribution >= 0.6 is 15.9 Å². The van der Waals surface area contributed by atoms with Gasteiger partial charge in [0.05, 0.1) is 18.4 Å². The molecule has 0 aliphatic rings. The van der Waals surface area contributed by atoms with Crippen molar-refractivity contribution in [3.05, 3.63) is 58.5 Å². The molecule has 2 rings (SSSR count). The standard InChI is InChI=1S/C16H17BrN2O3/c1-12(20)19(11-13-5-4-10-22-13)9-8-18-16(21)14-6-2-3-7-15(14)17/h2-7,10H,8-9,11H2,1H3,(H,18,21). The molecule has 1 N–H and O–H groups in total. The van der Waals surface area contributed by atoms with Gasteiger partial charge in [0, 0.05) is 24.5 Å². The molecule has 0 aliphatic heterocycles. The number of rotatable bonds is 6. The minimum Gasteiger partial charge on any atom is -0.467 e.